The van der Waals surface area contributed by atoms with Crippen LogP contribution in [0.4, 0.5) is 0 Å². The highest BCUT2D eigenvalue weighted by atomic mass is 16.5. The fourth-order valence-corrected chi connectivity index (χ4v) is 1.84. The lowest BCUT2D eigenvalue weighted by Gasteiger charge is -2.07. The van der Waals surface area contributed by atoms with Crippen molar-refractivity contribution in [3.63, 3.8) is 0 Å². The molecule has 0 unspecified atom stereocenters. The van der Waals surface area contributed by atoms with Gasteiger partial charge in [-0.1, -0.05) is 63.6 Å². The molecule has 5 nitrogen and oxygen atoms in total. The molecule has 0 fully saturated rings. The Morgan fingerprint density at radius 3 is 2.12 bits per heavy atom. The first-order chi connectivity index (χ1) is 12.5. The van der Waals surface area contributed by atoms with Crippen LogP contribution in [0, 0.1) is 0 Å². The number of rotatable bonds is 11. The van der Waals surface area contributed by atoms with Crippen LogP contribution >= 0.6 is 0 Å². The molecule has 0 amide bonds. The lowest BCUT2D eigenvalue weighted by Crippen LogP contribution is -2.13. The van der Waals surface area contributed by atoms with E-state index >= 15 is 0 Å². The van der Waals surface area contributed by atoms with E-state index in [0.29, 0.717) is 13.2 Å². The van der Waals surface area contributed by atoms with Gasteiger partial charge in [0, 0.05) is 12.1 Å². The van der Waals surface area contributed by atoms with Crippen LogP contribution in [0.2, 0.25) is 0 Å². The van der Waals surface area contributed by atoms with Crippen molar-refractivity contribution in [1.82, 2.24) is 5.32 Å². The standard InChI is InChI=1S/C13H22O4.C8H11N/c1-4-6-8-16-12(14)10-11(3)13(15)17-9-7-5-2;1-9-7-8-5-3-2-4-6-8/h3-10H2,1-2H3;2-6,9H,7H2,1H3. The van der Waals surface area contributed by atoms with Crippen molar-refractivity contribution in [3.05, 3.63) is 48.0 Å². The van der Waals surface area contributed by atoms with E-state index in [-0.39, 0.29) is 12.0 Å². The van der Waals surface area contributed by atoms with Gasteiger partial charge >= 0.3 is 11.9 Å². The minimum absolute atomic E-state index is 0.0886. The lowest BCUT2D eigenvalue weighted by molar-refractivity contribution is -0.146. The van der Waals surface area contributed by atoms with Crippen LogP contribution in [-0.2, 0) is 25.6 Å². The Labute approximate surface area is 157 Å². The molecule has 146 valence electrons. The molecule has 1 N–H and O–H groups in total. The summed E-state index contributed by atoms with van der Waals surface area (Å²) in [6, 6.07) is 10.3. The van der Waals surface area contributed by atoms with Gasteiger partial charge in [0.25, 0.3) is 0 Å². The van der Waals surface area contributed by atoms with Gasteiger partial charge in [0.1, 0.15) is 0 Å². The lowest BCUT2D eigenvalue weighted by atomic mass is 10.2. The van der Waals surface area contributed by atoms with Crippen molar-refractivity contribution >= 4 is 11.9 Å². The van der Waals surface area contributed by atoms with Gasteiger partial charge in [0.05, 0.1) is 19.6 Å². The third kappa shape index (κ3) is 13.2. The highest BCUT2D eigenvalue weighted by molar-refractivity contribution is 5.93. The van der Waals surface area contributed by atoms with Gasteiger partial charge in [0.15, 0.2) is 0 Å². The van der Waals surface area contributed by atoms with Crippen LogP contribution in [0.25, 0.3) is 0 Å². The van der Waals surface area contributed by atoms with Crippen LogP contribution in [0.5, 0.6) is 0 Å². The van der Waals surface area contributed by atoms with Crippen molar-refractivity contribution in [3.8, 4) is 0 Å². The maximum Gasteiger partial charge on any atom is 0.333 e. The van der Waals surface area contributed by atoms with Crippen LogP contribution in [0.3, 0.4) is 0 Å². The van der Waals surface area contributed by atoms with Crippen molar-refractivity contribution in [2.45, 2.75) is 52.5 Å². The number of ether oxygens (including phenoxy) is 2. The SMILES string of the molecule is C=C(CC(=O)OCCCC)C(=O)OCCCC.CNCc1ccccc1. The average molecular weight is 363 g/mol. The molecule has 1 aromatic carbocycles. The van der Waals surface area contributed by atoms with E-state index in [1.54, 1.807) is 0 Å². The number of unbranched alkanes of at least 4 members (excludes halogenated alkanes) is 2. The number of nitrogens with one attached hydrogen (secondary N) is 1. The summed E-state index contributed by atoms with van der Waals surface area (Å²) in [4.78, 5) is 22.6. The molecular formula is C21H33NO4. The Kier molecular flexibility index (Phi) is 15.0. The predicted molar refractivity (Wildman–Crippen MR) is 105 cm³/mol. The van der Waals surface area contributed by atoms with Crippen molar-refractivity contribution in [2.24, 2.45) is 0 Å². The first-order valence-corrected chi connectivity index (χ1v) is 9.24. The summed E-state index contributed by atoms with van der Waals surface area (Å²) in [5.41, 5.74) is 1.49. The molecule has 0 radical (unpaired) electrons. The third-order valence-corrected chi connectivity index (χ3v) is 3.36. The fraction of sp³-hybridized carbons (Fsp3) is 0.524. The second-order valence-corrected chi connectivity index (χ2v) is 5.86. The molecule has 1 aromatic rings. The quantitative estimate of drug-likeness (QED) is 0.365. The molecule has 0 aliphatic rings. The minimum atomic E-state index is -0.508. The van der Waals surface area contributed by atoms with Crippen LogP contribution in [0.1, 0.15) is 51.5 Å². The largest absolute Gasteiger partial charge is 0.465 e. The molecule has 0 spiro atoms. The zero-order chi connectivity index (χ0) is 19.6. The highest BCUT2D eigenvalue weighted by Crippen LogP contribution is 2.04. The normalized spacial score (nSPS) is 9.65. The summed E-state index contributed by atoms with van der Waals surface area (Å²) < 4.78 is 9.85. The summed E-state index contributed by atoms with van der Waals surface area (Å²) in [7, 11) is 1.95. The molecule has 0 aromatic heterocycles. The summed E-state index contributed by atoms with van der Waals surface area (Å²) in [6.45, 7) is 9.28. The molecule has 5 heteroatoms. The van der Waals surface area contributed by atoms with Gasteiger partial charge < -0.3 is 14.8 Å². The monoisotopic (exact) mass is 363 g/mol. The molecule has 0 aliphatic carbocycles. The van der Waals surface area contributed by atoms with Gasteiger partial charge in [-0.2, -0.15) is 0 Å². The summed E-state index contributed by atoms with van der Waals surface area (Å²) in [5.74, 6) is -0.929. The smallest absolute Gasteiger partial charge is 0.333 e. The van der Waals surface area contributed by atoms with Crippen LogP contribution in [-0.4, -0.2) is 32.2 Å². The maximum absolute atomic E-state index is 11.4. The predicted octanol–water partition coefficient (Wildman–Crippen LogP) is 4.03. The molecule has 0 saturated carbocycles. The number of carbonyl (C=O) groups is 2. The molecule has 0 heterocycles. The zero-order valence-corrected chi connectivity index (χ0v) is 16.4. The fourth-order valence-electron chi connectivity index (χ4n) is 1.84. The van der Waals surface area contributed by atoms with Crippen LogP contribution < -0.4 is 5.32 Å². The molecular weight excluding hydrogens is 330 g/mol. The van der Waals surface area contributed by atoms with E-state index in [4.69, 9.17) is 9.47 Å². The number of benzene rings is 1. The molecule has 0 saturated heterocycles. The first kappa shape index (κ1) is 23.9. The molecule has 26 heavy (non-hydrogen) atoms. The number of hydrogen-bond acceptors (Lipinski definition) is 5. The van der Waals surface area contributed by atoms with Gasteiger partial charge in [-0.3, -0.25) is 4.79 Å². The second-order valence-electron chi connectivity index (χ2n) is 5.86. The van der Waals surface area contributed by atoms with Gasteiger partial charge in [-0.05, 0) is 25.5 Å². The molecule has 0 atom stereocenters. The highest BCUT2D eigenvalue weighted by Gasteiger charge is 2.13. The van der Waals surface area contributed by atoms with Crippen LogP contribution in [0.15, 0.2) is 42.5 Å². The molecule has 0 bridgehead atoms. The molecule has 1 rings (SSSR count). The molecule has 0 aliphatic heterocycles. The van der Waals surface area contributed by atoms with E-state index in [2.05, 4.69) is 24.0 Å². The Bertz CT molecular complexity index is 514. The number of hydrogen-bond donors (Lipinski definition) is 1. The average Bonchev–Trinajstić information content (AvgIpc) is 2.63. The number of carbonyl (C=O) groups excluding carboxylic acids is 2. The number of esters is 2. The second kappa shape index (κ2) is 16.3. The van der Waals surface area contributed by atoms with E-state index in [1.807, 2.05) is 39.1 Å². The Hall–Kier alpha value is -2.14. The Morgan fingerprint density at radius 1 is 1.00 bits per heavy atom. The Morgan fingerprint density at radius 2 is 1.58 bits per heavy atom. The summed E-state index contributed by atoms with van der Waals surface area (Å²) in [5, 5.41) is 3.08. The van der Waals surface area contributed by atoms with E-state index < -0.39 is 11.9 Å². The topological polar surface area (TPSA) is 64.6 Å². The summed E-state index contributed by atoms with van der Waals surface area (Å²) >= 11 is 0. The third-order valence-electron chi connectivity index (χ3n) is 3.36. The maximum atomic E-state index is 11.4. The van der Waals surface area contributed by atoms with Crippen molar-refractivity contribution in [2.75, 3.05) is 20.3 Å². The zero-order valence-electron chi connectivity index (χ0n) is 16.4. The summed E-state index contributed by atoms with van der Waals surface area (Å²) in [6.07, 6.45) is 3.49. The van der Waals surface area contributed by atoms with E-state index in [0.717, 1.165) is 32.2 Å². The van der Waals surface area contributed by atoms with Gasteiger partial charge in [-0.25, -0.2) is 4.79 Å². The Balaban J connectivity index is 0.000000577. The van der Waals surface area contributed by atoms with Crippen molar-refractivity contribution in [1.29, 1.82) is 0 Å². The van der Waals surface area contributed by atoms with E-state index in [9.17, 15) is 9.59 Å². The van der Waals surface area contributed by atoms with Gasteiger partial charge in [0.2, 0.25) is 0 Å². The van der Waals surface area contributed by atoms with E-state index in [1.165, 1.54) is 5.56 Å². The van der Waals surface area contributed by atoms with Gasteiger partial charge in [-0.15, -0.1) is 0 Å². The minimum Gasteiger partial charge on any atom is -0.465 e. The first-order valence-electron chi connectivity index (χ1n) is 9.24. The van der Waals surface area contributed by atoms with Crippen molar-refractivity contribution < 1.29 is 19.1 Å².